The van der Waals surface area contributed by atoms with Gasteiger partial charge in [-0.3, -0.25) is 19.1 Å². The molecule has 2 aliphatic heterocycles. The molecule has 54 heavy (non-hydrogen) atoms. The van der Waals surface area contributed by atoms with E-state index in [4.69, 9.17) is 29.4 Å². The van der Waals surface area contributed by atoms with Gasteiger partial charge in [0.2, 0.25) is 5.75 Å². The monoisotopic (exact) mass is 741 g/mol. The van der Waals surface area contributed by atoms with Crippen LogP contribution < -0.4 is 40.3 Å². The molecule has 1 saturated heterocycles. The van der Waals surface area contributed by atoms with E-state index in [0.29, 0.717) is 53.7 Å². The van der Waals surface area contributed by atoms with Gasteiger partial charge in [0.05, 0.1) is 24.1 Å². The van der Waals surface area contributed by atoms with Gasteiger partial charge >= 0.3 is 0 Å². The van der Waals surface area contributed by atoms with Crippen LogP contribution in [0.4, 0.5) is 14.5 Å². The zero-order chi connectivity index (χ0) is 37.8. The molecule has 14 heteroatoms. The number of nitrogens with one attached hydrogen (secondary N) is 1. The molecule has 2 aliphatic rings. The first kappa shape index (κ1) is 36.6. The SMILES string of the molecule is CCOc1ccn(-c2ccc(F)cc2)c(=O)c1C(=O)Nc1ccc(Oc2ccnc3cc(OCCCN4CCC(C)(N)CC4)c4c(c23)OCCO4)c(F)c1. The number of nitrogens with two attached hydrogens (primary N) is 1. The van der Waals surface area contributed by atoms with Crippen LogP contribution in [0.3, 0.4) is 0 Å². The van der Waals surface area contributed by atoms with Gasteiger partial charge in [0.25, 0.3) is 11.5 Å². The molecule has 2 aromatic heterocycles. The first-order valence-electron chi connectivity index (χ1n) is 17.9. The third-order valence-electron chi connectivity index (χ3n) is 9.41. The van der Waals surface area contributed by atoms with Crippen LogP contribution in [0.2, 0.25) is 0 Å². The highest BCUT2D eigenvalue weighted by Gasteiger charge is 2.27. The summed E-state index contributed by atoms with van der Waals surface area (Å²) in [6.45, 7) is 7.90. The fraction of sp³-hybridized carbons (Fsp3) is 0.325. The Bertz CT molecular complexity index is 2220. The molecule has 0 unspecified atom stereocenters. The molecule has 282 valence electrons. The number of benzene rings is 3. The van der Waals surface area contributed by atoms with Crippen LogP contribution in [-0.4, -0.2) is 72.0 Å². The minimum Gasteiger partial charge on any atom is -0.493 e. The summed E-state index contributed by atoms with van der Waals surface area (Å²) in [5, 5.41) is 3.07. The van der Waals surface area contributed by atoms with Crippen molar-refractivity contribution < 1.29 is 37.3 Å². The van der Waals surface area contributed by atoms with E-state index in [0.717, 1.165) is 45.0 Å². The number of likely N-dealkylation sites (tertiary alicyclic amines) is 1. The number of anilines is 1. The number of halogens is 2. The lowest BCUT2D eigenvalue weighted by Gasteiger charge is -2.36. The number of piperidine rings is 1. The number of pyridine rings is 2. The third-order valence-corrected chi connectivity index (χ3v) is 9.41. The van der Waals surface area contributed by atoms with Gasteiger partial charge in [-0.15, -0.1) is 0 Å². The predicted molar refractivity (Wildman–Crippen MR) is 199 cm³/mol. The summed E-state index contributed by atoms with van der Waals surface area (Å²) in [5.41, 5.74) is 6.10. The van der Waals surface area contributed by atoms with Crippen molar-refractivity contribution in [3.63, 3.8) is 0 Å². The largest absolute Gasteiger partial charge is 0.493 e. The Morgan fingerprint density at radius 3 is 2.44 bits per heavy atom. The second kappa shape index (κ2) is 15.7. The van der Waals surface area contributed by atoms with Gasteiger partial charge in [0.1, 0.15) is 36.1 Å². The maximum absolute atomic E-state index is 15.6. The first-order chi connectivity index (χ1) is 26.1. The molecule has 5 aromatic rings. The van der Waals surface area contributed by atoms with Crippen molar-refractivity contribution in [2.75, 3.05) is 51.4 Å². The zero-order valence-corrected chi connectivity index (χ0v) is 30.0. The number of ether oxygens (including phenoxy) is 5. The summed E-state index contributed by atoms with van der Waals surface area (Å²) in [7, 11) is 0. The smallest absolute Gasteiger partial charge is 0.271 e. The number of fused-ring (bicyclic) bond motifs is 3. The molecular weight excluding hydrogens is 700 g/mol. The Kier molecular flexibility index (Phi) is 10.7. The molecule has 12 nitrogen and oxygen atoms in total. The van der Waals surface area contributed by atoms with E-state index in [1.54, 1.807) is 25.3 Å². The predicted octanol–water partition coefficient (Wildman–Crippen LogP) is 6.46. The first-order valence-corrected chi connectivity index (χ1v) is 17.9. The van der Waals surface area contributed by atoms with Crippen molar-refractivity contribution in [1.82, 2.24) is 14.5 Å². The maximum atomic E-state index is 15.6. The van der Waals surface area contributed by atoms with Crippen LogP contribution in [0.5, 0.6) is 34.5 Å². The van der Waals surface area contributed by atoms with Crippen molar-refractivity contribution in [2.24, 2.45) is 5.73 Å². The van der Waals surface area contributed by atoms with Gasteiger partial charge in [-0.05, 0) is 94.7 Å². The number of nitrogens with zero attached hydrogens (tertiary/aromatic N) is 3. The molecule has 0 radical (unpaired) electrons. The average molecular weight is 742 g/mol. The Balaban J connectivity index is 1.08. The molecule has 1 amide bonds. The molecule has 3 aromatic carbocycles. The van der Waals surface area contributed by atoms with E-state index in [1.807, 2.05) is 0 Å². The lowest BCUT2D eigenvalue weighted by atomic mass is 9.91. The highest BCUT2D eigenvalue weighted by molar-refractivity contribution is 6.06. The minimum atomic E-state index is -0.819. The van der Waals surface area contributed by atoms with E-state index in [2.05, 4.69) is 22.1 Å². The van der Waals surface area contributed by atoms with Crippen molar-refractivity contribution in [1.29, 1.82) is 0 Å². The van der Waals surface area contributed by atoms with Gasteiger partial charge in [-0.25, -0.2) is 8.78 Å². The summed E-state index contributed by atoms with van der Waals surface area (Å²) >= 11 is 0. The molecular formula is C40H41F2N5O7. The topological polar surface area (TPSA) is 139 Å². The fourth-order valence-electron chi connectivity index (χ4n) is 6.51. The molecule has 0 saturated carbocycles. The van der Waals surface area contributed by atoms with E-state index < -0.39 is 23.1 Å². The van der Waals surface area contributed by atoms with Gasteiger partial charge < -0.3 is 39.6 Å². The average Bonchev–Trinajstić information content (AvgIpc) is 3.15. The van der Waals surface area contributed by atoms with Crippen LogP contribution >= 0.6 is 0 Å². The number of amides is 1. The van der Waals surface area contributed by atoms with E-state index in [9.17, 15) is 14.0 Å². The molecule has 0 bridgehead atoms. The zero-order valence-electron chi connectivity index (χ0n) is 30.0. The summed E-state index contributed by atoms with van der Waals surface area (Å²) < 4.78 is 60.2. The highest BCUT2D eigenvalue weighted by atomic mass is 19.1. The third kappa shape index (κ3) is 7.94. The van der Waals surface area contributed by atoms with Crippen LogP contribution in [0.15, 0.2) is 77.9 Å². The maximum Gasteiger partial charge on any atom is 0.271 e. The molecule has 1 fully saturated rings. The number of rotatable bonds is 12. The quantitative estimate of drug-likeness (QED) is 0.137. The lowest BCUT2D eigenvalue weighted by Crippen LogP contribution is -2.48. The minimum absolute atomic E-state index is 0.0454. The van der Waals surface area contributed by atoms with Crippen LogP contribution in [0, 0.1) is 11.6 Å². The van der Waals surface area contributed by atoms with Crippen LogP contribution in [0.25, 0.3) is 16.6 Å². The molecule has 0 atom stereocenters. The summed E-state index contributed by atoms with van der Waals surface area (Å²) in [6, 6.07) is 13.9. The van der Waals surface area contributed by atoms with Crippen LogP contribution in [-0.2, 0) is 0 Å². The summed E-state index contributed by atoms with van der Waals surface area (Å²) in [4.78, 5) is 33.9. The number of hydrogen-bond acceptors (Lipinski definition) is 10. The van der Waals surface area contributed by atoms with Gasteiger partial charge in [0, 0.05) is 48.0 Å². The van der Waals surface area contributed by atoms with E-state index >= 15 is 4.39 Å². The molecule has 0 aliphatic carbocycles. The molecule has 7 rings (SSSR count). The van der Waals surface area contributed by atoms with Crippen molar-refractivity contribution in [3.05, 3.63) is 101 Å². The normalized spacial score (nSPS) is 15.1. The van der Waals surface area contributed by atoms with E-state index in [-0.39, 0.29) is 40.6 Å². The van der Waals surface area contributed by atoms with Gasteiger partial charge in [-0.1, -0.05) is 0 Å². The standard InChI is InChI=1S/C40H41F2N5O7/c1-3-50-31-12-17-47(27-8-5-25(41)6-9-27)39(49)35(31)38(48)45-26-7-10-30(28(42)23-26)54-32-11-15-44-29-24-33(36-37(34(29)32)53-22-21-52-36)51-20-4-16-46-18-13-40(2,43)14-19-46/h5-12,15,17,23-24H,3-4,13-14,16,18-22,43H2,1-2H3,(H,45,48). The molecule has 0 spiro atoms. The van der Waals surface area contributed by atoms with E-state index in [1.165, 1.54) is 53.2 Å². The summed E-state index contributed by atoms with van der Waals surface area (Å²) in [6.07, 6.45) is 5.72. The summed E-state index contributed by atoms with van der Waals surface area (Å²) in [5.74, 6) is -0.582. The van der Waals surface area contributed by atoms with Crippen molar-refractivity contribution in [3.8, 4) is 40.2 Å². The number of carbonyl (C=O) groups is 1. The fourth-order valence-corrected chi connectivity index (χ4v) is 6.51. The Morgan fingerprint density at radius 1 is 0.944 bits per heavy atom. The molecule has 3 N–H and O–H groups in total. The van der Waals surface area contributed by atoms with Gasteiger partial charge in [0.15, 0.2) is 23.1 Å². The number of aromatic nitrogens is 2. The lowest BCUT2D eigenvalue weighted by molar-refractivity contribution is 0.102. The van der Waals surface area contributed by atoms with Crippen LogP contribution in [0.1, 0.15) is 43.5 Å². The van der Waals surface area contributed by atoms with Crippen molar-refractivity contribution >= 4 is 22.5 Å². The second-order valence-electron chi connectivity index (χ2n) is 13.5. The second-order valence-corrected chi connectivity index (χ2v) is 13.5. The van der Waals surface area contributed by atoms with Crippen molar-refractivity contribution in [2.45, 2.75) is 38.6 Å². The Labute approximate surface area is 310 Å². The van der Waals surface area contributed by atoms with Gasteiger partial charge in [-0.2, -0.15) is 0 Å². The number of carbonyl (C=O) groups excluding carboxylic acids is 1. The highest BCUT2D eigenvalue weighted by Crippen LogP contribution is 2.48. The molecule has 4 heterocycles. The Hall–Kier alpha value is -5.73. The Morgan fingerprint density at radius 2 is 1.70 bits per heavy atom. The number of hydrogen-bond donors (Lipinski definition) is 2.